The molecule has 0 bridgehead atoms. The van der Waals surface area contributed by atoms with Crippen LogP contribution in [0.4, 0.5) is 0 Å². The van der Waals surface area contributed by atoms with Crippen molar-refractivity contribution in [2.45, 2.75) is 31.3 Å². The Morgan fingerprint density at radius 2 is 1.25 bits per heavy atom. The van der Waals surface area contributed by atoms with Crippen molar-refractivity contribution >= 4 is 8.53 Å². The number of unbranched alkanes of at least 4 members (excludes halogenated alkanes) is 3. The van der Waals surface area contributed by atoms with E-state index in [0.717, 1.165) is 54.7 Å². The highest BCUT2D eigenvalue weighted by molar-refractivity contribution is 7.44. The Kier molecular flexibility index (Phi) is 9.66. The summed E-state index contributed by atoms with van der Waals surface area (Å²) in [7, 11) is 0.0293. The van der Waals surface area contributed by atoms with E-state index in [9.17, 15) is 0 Å². The van der Waals surface area contributed by atoms with E-state index in [0.29, 0.717) is 6.61 Å². The summed E-state index contributed by atoms with van der Waals surface area (Å²) in [5, 5.41) is 0. The van der Waals surface area contributed by atoms with Crippen LogP contribution in [0, 0.1) is 0 Å². The van der Waals surface area contributed by atoms with E-state index in [1.54, 1.807) is 7.11 Å². The van der Waals surface area contributed by atoms with Gasteiger partial charge >= 0.3 is 0 Å². The molecule has 170 valence electrons. The minimum absolute atomic E-state index is 0.565. The van der Waals surface area contributed by atoms with E-state index >= 15 is 0 Å². The number of hydrogen-bond acceptors (Lipinski definition) is 5. The second-order valence-corrected chi connectivity index (χ2v) is 8.57. The van der Waals surface area contributed by atoms with E-state index in [2.05, 4.69) is 24.3 Å². The first-order valence-electron chi connectivity index (χ1n) is 11.0. The van der Waals surface area contributed by atoms with Gasteiger partial charge in [-0.25, -0.2) is 0 Å². The van der Waals surface area contributed by atoms with Crippen LogP contribution in [0.2, 0.25) is 0 Å². The van der Waals surface area contributed by atoms with E-state index in [1.165, 1.54) is 0 Å². The molecule has 0 radical (unpaired) electrons. The van der Waals surface area contributed by atoms with Crippen molar-refractivity contribution in [2.75, 3.05) is 20.3 Å². The van der Waals surface area contributed by atoms with Crippen LogP contribution >= 0.6 is 8.53 Å². The van der Waals surface area contributed by atoms with Crippen LogP contribution in [0.3, 0.4) is 0 Å². The summed E-state index contributed by atoms with van der Waals surface area (Å²) >= 11 is 0. The summed E-state index contributed by atoms with van der Waals surface area (Å²) in [6, 6.07) is 28.2. The number of methoxy groups -OCH3 is 1. The average molecular weight is 453 g/mol. The molecular weight excluding hydrogens is 419 g/mol. The molecule has 4 N–H and O–H groups in total. The van der Waals surface area contributed by atoms with Crippen molar-refractivity contribution in [3.8, 4) is 5.75 Å². The molecule has 1 unspecified atom stereocenters. The van der Waals surface area contributed by atoms with Crippen molar-refractivity contribution < 1.29 is 13.8 Å². The van der Waals surface area contributed by atoms with Crippen molar-refractivity contribution in [2.24, 2.45) is 11.2 Å². The lowest BCUT2D eigenvalue weighted by atomic mass is 9.80. The van der Waals surface area contributed by atoms with E-state index in [-0.39, 0.29) is 0 Å². The molecule has 1 atom stereocenters. The number of ether oxygens (including phenoxy) is 1. The molecule has 6 heteroatoms. The highest BCUT2D eigenvalue weighted by atomic mass is 31.2. The third-order valence-electron chi connectivity index (χ3n) is 5.40. The van der Waals surface area contributed by atoms with Gasteiger partial charge < -0.3 is 19.5 Å². The third-order valence-corrected chi connectivity index (χ3v) is 6.29. The predicted molar refractivity (Wildman–Crippen MR) is 131 cm³/mol. The van der Waals surface area contributed by atoms with Gasteiger partial charge in [0.15, 0.2) is 5.60 Å². The van der Waals surface area contributed by atoms with Crippen molar-refractivity contribution in [3.05, 3.63) is 102 Å². The van der Waals surface area contributed by atoms with E-state index in [1.807, 2.05) is 60.7 Å². The van der Waals surface area contributed by atoms with Gasteiger partial charge in [0, 0.05) is 0 Å². The van der Waals surface area contributed by atoms with Gasteiger partial charge in [-0.15, -0.1) is 0 Å². The molecule has 32 heavy (non-hydrogen) atoms. The summed E-state index contributed by atoms with van der Waals surface area (Å²) in [5.74, 6) is 0.785. The molecule has 3 aromatic carbocycles. The fourth-order valence-corrected chi connectivity index (χ4v) is 4.69. The Labute approximate surface area is 192 Å². The molecule has 0 aromatic heterocycles. The summed E-state index contributed by atoms with van der Waals surface area (Å²) in [5.41, 5.74) is 14.0. The van der Waals surface area contributed by atoms with Crippen molar-refractivity contribution in [3.63, 3.8) is 0 Å². The topological polar surface area (TPSA) is 79.7 Å². The van der Waals surface area contributed by atoms with Gasteiger partial charge in [0.05, 0.1) is 13.7 Å². The summed E-state index contributed by atoms with van der Waals surface area (Å²) < 4.78 is 18.0. The zero-order valence-electron chi connectivity index (χ0n) is 18.7. The molecule has 0 fully saturated rings. The number of rotatable bonds is 13. The molecule has 0 heterocycles. The fourth-order valence-electron chi connectivity index (χ4n) is 3.75. The number of nitrogens with two attached hydrogens (primary N) is 2. The Hall–Kier alpha value is -2.27. The lowest BCUT2D eigenvalue weighted by Gasteiger charge is -2.37. The van der Waals surface area contributed by atoms with Crippen molar-refractivity contribution in [1.29, 1.82) is 0 Å². The Morgan fingerprint density at radius 1 is 0.719 bits per heavy atom. The minimum Gasteiger partial charge on any atom is -0.497 e. The molecule has 0 saturated heterocycles. The average Bonchev–Trinajstić information content (AvgIpc) is 2.86. The summed E-state index contributed by atoms with van der Waals surface area (Å²) in [4.78, 5) is 0. The maximum atomic E-state index is 6.66. The van der Waals surface area contributed by atoms with Gasteiger partial charge in [-0.3, -0.25) is 5.50 Å². The summed E-state index contributed by atoms with van der Waals surface area (Å²) in [6.45, 7) is 1.29. The SMILES string of the molecule is COc1ccc(C(OP(N)OCCCCCCN)(c2ccccc2)c2ccccc2)cc1. The maximum Gasteiger partial charge on any atom is 0.254 e. The first-order valence-corrected chi connectivity index (χ1v) is 12.3. The first kappa shape index (κ1) is 24.4. The molecule has 3 aromatic rings. The van der Waals surface area contributed by atoms with Crippen LogP contribution in [-0.2, 0) is 14.6 Å². The highest BCUT2D eigenvalue weighted by Gasteiger charge is 2.40. The molecule has 0 aliphatic carbocycles. The van der Waals surface area contributed by atoms with E-state index in [4.69, 9.17) is 25.0 Å². The molecule has 0 amide bonds. The predicted octanol–water partition coefficient (Wildman–Crippen LogP) is 5.73. The highest BCUT2D eigenvalue weighted by Crippen LogP contribution is 2.49. The molecule has 5 nitrogen and oxygen atoms in total. The van der Waals surface area contributed by atoms with Crippen LogP contribution in [0.15, 0.2) is 84.9 Å². The maximum absolute atomic E-state index is 6.66. The van der Waals surface area contributed by atoms with Gasteiger partial charge in [0.1, 0.15) is 5.75 Å². The lowest BCUT2D eigenvalue weighted by Crippen LogP contribution is -2.32. The van der Waals surface area contributed by atoms with Gasteiger partial charge in [-0.2, -0.15) is 0 Å². The second kappa shape index (κ2) is 12.7. The Morgan fingerprint density at radius 3 is 1.78 bits per heavy atom. The van der Waals surface area contributed by atoms with Gasteiger partial charge in [0.2, 0.25) is 0 Å². The summed E-state index contributed by atoms with van der Waals surface area (Å²) in [6.07, 6.45) is 4.15. The smallest absolute Gasteiger partial charge is 0.254 e. The minimum atomic E-state index is -1.63. The van der Waals surface area contributed by atoms with Gasteiger partial charge in [-0.1, -0.05) is 85.6 Å². The zero-order valence-corrected chi connectivity index (χ0v) is 19.5. The van der Waals surface area contributed by atoms with Crippen LogP contribution in [-0.4, -0.2) is 20.3 Å². The normalized spacial score (nSPS) is 12.5. The second-order valence-electron chi connectivity index (χ2n) is 7.55. The molecule has 0 saturated carbocycles. The monoisotopic (exact) mass is 452 g/mol. The van der Waals surface area contributed by atoms with Crippen LogP contribution in [0.5, 0.6) is 5.75 Å². The largest absolute Gasteiger partial charge is 0.497 e. The fraction of sp³-hybridized carbons (Fsp3) is 0.308. The molecule has 0 aliphatic rings. The molecule has 3 rings (SSSR count). The standard InChI is InChI=1S/C26H33N2O3P/c1-29-25-18-16-24(17-19-25)26(22-12-6-4-7-13-22,23-14-8-5-9-15-23)31-32(28)30-21-11-3-2-10-20-27/h4-9,12-19H,2-3,10-11,20-21,27-28H2,1H3. The Balaban J connectivity index is 1.94. The number of benzene rings is 3. The van der Waals surface area contributed by atoms with Crippen LogP contribution in [0.25, 0.3) is 0 Å². The van der Waals surface area contributed by atoms with Crippen LogP contribution in [0.1, 0.15) is 42.4 Å². The zero-order chi connectivity index (χ0) is 22.7. The van der Waals surface area contributed by atoms with Gasteiger partial charge in [0.25, 0.3) is 8.53 Å². The van der Waals surface area contributed by atoms with E-state index < -0.39 is 14.1 Å². The van der Waals surface area contributed by atoms with Gasteiger partial charge in [-0.05, 0) is 48.2 Å². The lowest BCUT2D eigenvalue weighted by molar-refractivity contribution is 0.138. The molecular formula is C26H33N2O3P. The quantitative estimate of drug-likeness (QED) is 0.197. The molecule has 0 aliphatic heterocycles. The Bertz CT molecular complexity index is 868. The first-order chi connectivity index (χ1) is 15.7. The van der Waals surface area contributed by atoms with Crippen LogP contribution < -0.4 is 16.0 Å². The molecule has 0 spiro atoms. The number of hydrogen-bond donors (Lipinski definition) is 2. The van der Waals surface area contributed by atoms with Crippen molar-refractivity contribution in [1.82, 2.24) is 0 Å². The third kappa shape index (κ3) is 6.16.